The molecule has 2 fully saturated rings. The van der Waals surface area contributed by atoms with Crippen LogP contribution in [-0.2, 0) is 22.4 Å². The van der Waals surface area contributed by atoms with Gasteiger partial charge in [0, 0.05) is 18.2 Å². The lowest BCUT2D eigenvalue weighted by molar-refractivity contribution is -0.138. The van der Waals surface area contributed by atoms with E-state index >= 15 is 0 Å². The van der Waals surface area contributed by atoms with Crippen molar-refractivity contribution in [3.8, 4) is 0 Å². The number of Topliss-reactive ketones (excluding diaryl/α,β-unsaturated/α-hetero) is 1. The number of nitrogens with zero attached hydrogens (tertiary/aromatic N) is 4. The number of carbonyl (C=O) groups excluding carboxylic acids is 2. The number of aryl methyl sites for hydroxylation is 1. The van der Waals surface area contributed by atoms with Crippen molar-refractivity contribution in [3.63, 3.8) is 0 Å². The van der Waals surface area contributed by atoms with Crippen molar-refractivity contribution in [1.29, 1.82) is 0 Å². The summed E-state index contributed by atoms with van der Waals surface area (Å²) in [5.74, 6) is 0.101. The average molecular weight is 507 g/mol. The van der Waals surface area contributed by atoms with Gasteiger partial charge in [-0.15, -0.1) is 0 Å². The number of aromatic nitrogens is 1. The van der Waals surface area contributed by atoms with Crippen molar-refractivity contribution >= 4 is 39.0 Å². The second-order valence-electron chi connectivity index (χ2n) is 9.87. The van der Waals surface area contributed by atoms with Crippen molar-refractivity contribution in [2.45, 2.75) is 65.0 Å². The van der Waals surface area contributed by atoms with Gasteiger partial charge >= 0.3 is 0 Å². The Balaban J connectivity index is 1.32. The summed E-state index contributed by atoms with van der Waals surface area (Å²) in [7, 11) is 0. The monoisotopic (exact) mass is 506 g/mol. The third kappa shape index (κ3) is 4.31. The summed E-state index contributed by atoms with van der Waals surface area (Å²) in [5.41, 5.74) is 5.69. The maximum atomic E-state index is 13.5. The molecule has 2 aromatic rings. The van der Waals surface area contributed by atoms with Gasteiger partial charge in [-0.25, -0.2) is 4.98 Å². The molecule has 5 rings (SSSR count). The zero-order chi connectivity index (χ0) is 23.3. The van der Waals surface area contributed by atoms with Gasteiger partial charge in [-0.1, -0.05) is 31.2 Å². The van der Waals surface area contributed by atoms with Crippen LogP contribution in [0.25, 0.3) is 0 Å². The first kappa shape index (κ1) is 22.1. The molecule has 3 heterocycles. The molecule has 2 aliphatic heterocycles. The quantitative estimate of drug-likeness (QED) is 0.542. The van der Waals surface area contributed by atoms with E-state index in [1.165, 1.54) is 0 Å². The predicted molar refractivity (Wildman–Crippen MR) is 132 cm³/mol. The Bertz CT molecular complexity index is 1220. The molecular formula is C26H27BrN4O2. The minimum Gasteiger partial charge on any atom is -0.329 e. The number of amides is 1. The van der Waals surface area contributed by atoms with Gasteiger partial charge < -0.3 is 4.90 Å². The lowest BCUT2D eigenvalue weighted by atomic mass is 9.96. The maximum Gasteiger partial charge on any atom is 0.227 e. The van der Waals surface area contributed by atoms with E-state index in [2.05, 4.69) is 38.0 Å². The molecule has 1 amide bonds. The van der Waals surface area contributed by atoms with Gasteiger partial charge in [0.05, 0.1) is 30.3 Å². The topological polar surface area (TPSA) is 75.0 Å². The van der Waals surface area contributed by atoms with Crippen molar-refractivity contribution < 1.29 is 9.59 Å². The van der Waals surface area contributed by atoms with Crippen LogP contribution < -0.4 is 0 Å². The number of fused-ring (bicyclic) bond motifs is 1. The largest absolute Gasteiger partial charge is 0.329 e. The smallest absolute Gasteiger partial charge is 0.227 e. The number of hydrogen-bond acceptors (Lipinski definition) is 5. The van der Waals surface area contributed by atoms with E-state index in [1.54, 1.807) is 0 Å². The molecule has 1 aromatic heterocycles. The minimum absolute atomic E-state index is 0.0245. The molecule has 6 nitrogen and oxygen atoms in total. The van der Waals surface area contributed by atoms with Gasteiger partial charge in [0.2, 0.25) is 5.91 Å². The number of benzene rings is 1. The molecule has 1 saturated carbocycles. The highest BCUT2D eigenvalue weighted by Crippen LogP contribution is 2.59. The van der Waals surface area contributed by atoms with Crippen molar-refractivity contribution in [1.82, 2.24) is 9.88 Å². The van der Waals surface area contributed by atoms with E-state index in [-0.39, 0.29) is 42.0 Å². The fourth-order valence-electron chi connectivity index (χ4n) is 5.16. The molecule has 170 valence electrons. The van der Waals surface area contributed by atoms with Crippen LogP contribution in [0.2, 0.25) is 0 Å². The molecule has 33 heavy (non-hydrogen) atoms. The summed E-state index contributed by atoms with van der Waals surface area (Å²) < 4.78 is 0.720. The Labute approximate surface area is 202 Å². The third-order valence-corrected chi connectivity index (χ3v) is 7.63. The highest BCUT2D eigenvalue weighted by atomic mass is 79.9. The standard InChI is InChI=1S/C26H27BrN4O2/c1-15-7-8-24(27)28-19(15)12-22(32)21-13-26(3)14-23(26)31(21)25(33)11-17-5-4-6-18(10-17)20-9-16(2)29-30-20/h4-8,10,21,23H,9,11-14H2,1-3H3/t21-,23+,26-/m0/s1. The Morgan fingerprint density at radius 2 is 1.94 bits per heavy atom. The molecule has 0 radical (unpaired) electrons. The van der Waals surface area contributed by atoms with E-state index in [4.69, 9.17) is 0 Å². The average Bonchev–Trinajstić information content (AvgIpc) is 3.09. The fourth-order valence-corrected chi connectivity index (χ4v) is 5.51. The van der Waals surface area contributed by atoms with Gasteiger partial charge in [-0.2, -0.15) is 10.2 Å². The van der Waals surface area contributed by atoms with E-state index in [0.717, 1.165) is 57.7 Å². The van der Waals surface area contributed by atoms with E-state index < -0.39 is 0 Å². The molecule has 3 aliphatic rings. The Morgan fingerprint density at radius 1 is 1.12 bits per heavy atom. The number of halogens is 1. The molecule has 7 heteroatoms. The SMILES string of the molecule is CC1=NN=C(c2cccc(CC(=O)N3[C@H](C(=O)Cc4nc(Br)ccc4C)C[C@@]4(C)C[C@@H]34)c2)C1. The molecule has 0 N–H and O–H groups in total. The van der Waals surface area contributed by atoms with Crippen molar-refractivity contribution in [2.24, 2.45) is 15.6 Å². The molecule has 0 spiro atoms. The van der Waals surface area contributed by atoms with Gasteiger partial charge in [0.1, 0.15) is 4.60 Å². The first-order valence-corrected chi connectivity index (χ1v) is 12.2. The van der Waals surface area contributed by atoms with Gasteiger partial charge in [-0.05, 0) is 76.9 Å². The minimum atomic E-state index is -0.375. The zero-order valence-corrected chi connectivity index (χ0v) is 20.7. The molecule has 0 bridgehead atoms. The Morgan fingerprint density at radius 3 is 2.70 bits per heavy atom. The Kier molecular flexibility index (Phi) is 5.55. The maximum absolute atomic E-state index is 13.5. The number of pyridine rings is 1. The number of piperidine rings is 1. The zero-order valence-electron chi connectivity index (χ0n) is 19.1. The summed E-state index contributed by atoms with van der Waals surface area (Å²) in [6.45, 7) is 6.12. The first-order chi connectivity index (χ1) is 15.7. The molecule has 1 saturated heterocycles. The van der Waals surface area contributed by atoms with Crippen LogP contribution in [0.3, 0.4) is 0 Å². The normalized spacial score (nSPS) is 25.5. The lowest BCUT2D eigenvalue weighted by Crippen LogP contribution is -2.44. The van der Waals surface area contributed by atoms with Crippen LogP contribution in [-0.4, -0.2) is 45.1 Å². The molecule has 0 unspecified atom stereocenters. The van der Waals surface area contributed by atoms with Crippen molar-refractivity contribution in [2.75, 3.05) is 0 Å². The summed E-state index contributed by atoms with van der Waals surface area (Å²) in [5, 5.41) is 8.39. The highest BCUT2D eigenvalue weighted by molar-refractivity contribution is 9.10. The summed E-state index contributed by atoms with van der Waals surface area (Å²) in [6.07, 6.45) is 2.99. The first-order valence-electron chi connectivity index (χ1n) is 11.4. The van der Waals surface area contributed by atoms with Gasteiger partial charge in [0.25, 0.3) is 0 Å². The van der Waals surface area contributed by atoms with Crippen LogP contribution in [0, 0.1) is 12.3 Å². The van der Waals surface area contributed by atoms with Crippen LogP contribution >= 0.6 is 15.9 Å². The second kappa shape index (κ2) is 8.28. The van der Waals surface area contributed by atoms with E-state index in [1.807, 2.05) is 55.1 Å². The summed E-state index contributed by atoms with van der Waals surface area (Å²) in [4.78, 5) is 33.2. The van der Waals surface area contributed by atoms with Crippen LogP contribution in [0.4, 0.5) is 0 Å². The molecule has 1 aliphatic carbocycles. The van der Waals surface area contributed by atoms with E-state index in [0.29, 0.717) is 0 Å². The predicted octanol–water partition coefficient (Wildman–Crippen LogP) is 4.46. The van der Waals surface area contributed by atoms with Gasteiger partial charge in [0.15, 0.2) is 5.78 Å². The number of hydrogen-bond donors (Lipinski definition) is 0. The van der Waals surface area contributed by atoms with Crippen LogP contribution in [0.5, 0.6) is 0 Å². The lowest BCUT2D eigenvalue weighted by Gasteiger charge is -2.27. The number of carbonyl (C=O) groups is 2. The Hall–Kier alpha value is -2.67. The number of ketones is 1. The van der Waals surface area contributed by atoms with Crippen LogP contribution in [0.1, 0.15) is 55.5 Å². The van der Waals surface area contributed by atoms with E-state index in [9.17, 15) is 9.59 Å². The second-order valence-corrected chi connectivity index (χ2v) is 10.7. The summed E-state index contributed by atoms with van der Waals surface area (Å²) in [6, 6.07) is 11.6. The fraction of sp³-hybridized carbons (Fsp3) is 0.423. The number of rotatable bonds is 6. The summed E-state index contributed by atoms with van der Waals surface area (Å²) >= 11 is 3.40. The number of likely N-dealkylation sites (tertiary alicyclic amines) is 1. The third-order valence-electron chi connectivity index (χ3n) is 7.18. The molecule has 1 aromatic carbocycles. The van der Waals surface area contributed by atoms with Crippen molar-refractivity contribution in [3.05, 3.63) is 63.4 Å². The van der Waals surface area contributed by atoms with Gasteiger partial charge in [-0.3, -0.25) is 9.59 Å². The molecule has 3 atom stereocenters. The molecular weight excluding hydrogens is 480 g/mol. The van der Waals surface area contributed by atoms with Crippen LogP contribution in [0.15, 0.2) is 51.2 Å². The highest BCUT2D eigenvalue weighted by Gasteiger charge is 2.63.